The molecule has 2 rings (SSSR count). The van der Waals surface area contributed by atoms with Gasteiger partial charge in [0.1, 0.15) is 0 Å². The maximum absolute atomic E-state index is 10.9. The van der Waals surface area contributed by atoms with E-state index in [1.54, 1.807) is 13.0 Å². The summed E-state index contributed by atoms with van der Waals surface area (Å²) in [4.78, 5) is 10.9. The lowest BCUT2D eigenvalue weighted by Crippen LogP contribution is -2.14. The monoisotopic (exact) mass is 206 g/mol. The Balaban J connectivity index is 2.59. The van der Waals surface area contributed by atoms with Crippen LogP contribution in [0.1, 0.15) is 46.0 Å². The number of hydrogen-bond acceptors (Lipinski definition) is 2. The van der Waals surface area contributed by atoms with Crippen LogP contribution in [0.25, 0.3) is 0 Å². The van der Waals surface area contributed by atoms with Gasteiger partial charge in [0.05, 0.1) is 11.7 Å². The molecule has 1 aromatic rings. The lowest BCUT2D eigenvalue weighted by Gasteiger charge is -2.24. The number of carboxylic acid groups (broad SMARTS) is 1. The Kier molecular flexibility index (Phi) is 2.49. The van der Waals surface area contributed by atoms with Crippen molar-refractivity contribution >= 4 is 5.97 Å². The third kappa shape index (κ3) is 1.63. The van der Waals surface area contributed by atoms with Crippen LogP contribution in [0.2, 0.25) is 0 Å². The van der Waals surface area contributed by atoms with Gasteiger partial charge in [0.15, 0.2) is 0 Å². The first-order valence-corrected chi connectivity index (χ1v) is 5.15. The summed E-state index contributed by atoms with van der Waals surface area (Å²) in [6.45, 7) is 1.77. The minimum atomic E-state index is -0.923. The van der Waals surface area contributed by atoms with Gasteiger partial charge in [-0.3, -0.25) is 0 Å². The van der Waals surface area contributed by atoms with E-state index >= 15 is 0 Å². The fraction of sp³-hybridized carbons (Fsp3) is 0.417. The topological polar surface area (TPSA) is 57.5 Å². The lowest BCUT2D eigenvalue weighted by atomic mass is 9.84. The quantitative estimate of drug-likeness (QED) is 0.739. The van der Waals surface area contributed by atoms with E-state index in [9.17, 15) is 9.90 Å². The van der Waals surface area contributed by atoms with E-state index in [1.165, 1.54) is 0 Å². The third-order valence-electron chi connectivity index (χ3n) is 3.09. The number of fused-ring (bicyclic) bond motifs is 1. The fourth-order valence-corrected chi connectivity index (χ4v) is 2.33. The number of hydrogen-bond donors (Lipinski definition) is 2. The van der Waals surface area contributed by atoms with Gasteiger partial charge in [-0.2, -0.15) is 0 Å². The van der Waals surface area contributed by atoms with Crippen LogP contribution in [0, 0.1) is 6.92 Å². The Morgan fingerprint density at radius 3 is 2.87 bits per heavy atom. The summed E-state index contributed by atoms with van der Waals surface area (Å²) in [6, 6.07) is 3.46. The minimum absolute atomic E-state index is 0.301. The number of aryl methyl sites for hydroxylation is 1. The lowest BCUT2D eigenvalue weighted by molar-refractivity contribution is 0.0695. The molecule has 1 atom stereocenters. The molecule has 0 amide bonds. The fourth-order valence-electron chi connectivity index (χ4n) is 2.33. The van der Waals surface area contributed by atoms with Crippen molar-refractivity contribution in [1.29, 1.82) is 0 Å². The van der Waals surface area contributed by atoms with Gasteiger partial charge in [0, 0.05) is 0 Å². The van der Waals surface area contributed by atoms with Crippen molar-refractivity contribution in [1.82, 2.24) is 0 Å². The van der Waals surface area contributed by atoms with Crippen LogP contribution in [-0.2, 0) is 6.42 Å². The van der Waals surface area contributed by atoms with Crippen LogP contribution in [0.15, 0.2) is 12.1 Å². The average Bonchev–Trinajstić information content (AvgIpc) is 2.17. The first kappa shape index (κ1) is 10.2. The van der Waals surface area contributed by atoms with Crippen LogP contribution in [0.3, 0.4) is 0 Å². The Bertz CT molecular complexity index is 410. The highest BCUT2D eigenvalue weighted by Crippen LogP contribution is 2.33. The number of aromatic carboxylic acids is 1. The van der Waals surface area contributed by atoms with E-state index in [2.05, 4.69) is 0 Å². The maximum atomic E-state index is 10.9. The summed E-state index contributed by atoms with van der Waals surface area (Å²) in [7, 11) is 0. The van der Waals surface area contributed by atoms with Crippen molar-refractivity contribution in [2.75, 3.05) is 0 Å². The van der Waals surface area contributed by atoms with Gasteiger partial charge in [-0.1, -0.05) is 6.07 Å². The number of aliphatic hydroxyl groups is 1. The number of carboxylic acids is 1. The van der Waals surface area contributed by atoms with Crippen LogP contribution in [-0.4, -0.2) is 16.2 Å². The molecule has 0 spiro atoms. The number of aliphatic hydroxyl groups excluding tert-OH is 1. The van der Waals surface area contributed by atoms with Crippen LogP contribution in [0.5, 0.6) is 0 Å². The smallest absolute Gasteiger partial charge is 0.335 e. The van der Waals surface area contributed by atoms with Crippen molar-refractivity contribution in [3.05, 3.63) is 34.4 Å². The van der Waals surface area contributed by atoms with Gasteiger partial charge in [0.25, 0.3) is 0 Å². The van der Waals surface area contributed by atoms with Crippen molar-refractivity contribution < 1.29 is 15.0 Å². The average molecular weight is 206 g/mol. The maximum Gasteiger partial charge on any atom is 0.335 e. The highest BCUT2D eigenvalue weighted by atomic mass is 16.4. The molecule has 1 unspecified atom stereocenters. The van der Waals surface area contributed by atoms with E-state index in [0.29, 0.717) is 11.1 Å². The van der Waals surface area contributed by atoms with Crippen LogP contribution in [0.4, 0.5) is 0 Å². The second-order valence-electron chi connectivity index (χ2n) is 4.02. The predicted octanol–water partition coefficient (Wildman–Crippen LogP) is 2.06. The SMILES string of the molecule is Cc1c(C(=O)O)ccc2c1C(O)CCC2. The number of benzene rings is 1. The van der Waals surface area contributed by atoms with Crippen molar-refractivity contribution in [3.63, 3.8) is 0 Å². The van der Waals surface area contributed by atoms with Crippen LogP contribution >= 0.6 is 0 Å². The Morgan fingerprint density at radius 1 is 1.47 bits per heavy atom. The molecular weight excluding hydrogens is 192 g/mol. The Hall–Kier alpha value is -1.35. The van der Waals surface area contributed by atoms with E-state index < -0.39 is 12.1 Å². The highest BCUT2D eigenvalue weighted by Gasteiger charge is 2.22. The molecule has 0 fully saturated rings. The molecule has 1 aromatic carbocycles. The van der Waals surface area contributed by atoms with E-state index in [4.69, 9.17) is 5.11 Å². The molecule has 15 heavy (non-hydrogen) atoms. The van der Waals surface area contributed by atoms with Crippen molar-refractivity contribution in [2.45, 2.75) is 32.3 Å². The molecular formula is C12H14O3. The molecule has 1 aliphatic carbocycles. The summed E-state index contributed by atoms with van der Waals surface area (Å²) in [5.41, 5.74) is 2.94. The summed E-state index contributed by atoms with van der Waals surface area (Å²) in [5, 5.41) is 18.8. The van der Waals surface area contributed by atoms with Crippen molar-refractivity contribution in [3.8, 4) is 0 Å². The normalized spacial score (nSPS) is 19.7. The standard InChI is InChI=1S/C12H14O3/c1-7-9(12(14)15)6-5-8-3-2-4-10(13)11(7)8/h5-6,10,13H,2-4H2,1H3,(H,14,15). The molecule has 3 nitrogen and oxygen atoms in total. The van der Waals surface area contributed by atoms with E-state index in [-0.39, 0.29) is 0 Å². The van der Waals surface area contributed by atoms with Gasteiger partial charge >= 0.3 is 5.97 Å². The van der Waals surface area contributed by atoms with Crippen molar-refractivity contribution in [2.24, 2.45) is 0 Å². The molecule has 80 valence electrons. The van der Waals surface area contributed by atoms with Gasteiger partial charge in [-0.25, -0.2) is 4.79 Å². The third-order valence-corrected chi connectivity index (χ3v) is 3.09. The van der Waals surface area contributed by atoms with E-state index in [1.807, 2.05) is 6.07 Å². The van der Waals surface area contributed by atoms with E-state index in [0.717, 1.165) is 30.4 Å². The summed E-state index contributed by atoms with van der Waals surface area (Å²) in [5.74, 6) is -0.923. The number of rotatable bonds is 1. The predicted molar refractivity (Wildman–Crippen MR) is 56.0 cm³/mol. The van der Waals surface area contributed by atoms with Gasteiger partial charge in [-0.05, 0) is 48.9 Å². The first-order chi connectivity index (χ1) is 7.11. The number of carbonyl (C=O) groups is 1. The Morgan fingerprint density at radius 2 is 2.20 bits per heavy atom. The molecule has 0 heterocycles. The summed E-state index contributed by atoms with van der Waals surface area (Å²) < 4.78 is 0. The summed E-state index contributed by atoms with van der Waals surface area (Å²) in [6.07, 6.45) is 2.15. The molecule has 0 saturated carbocycles. The highest BCUT2D eigenvalue weighted by molar-refractivity contribution is 5.90. The van der Waals surface area contributed by atoms with Crippen LogP contribution < -0.4 is 0 Å². The molecule has 0 aromatic heterocycles. The zero-order valence-electron chi connectivity index (χ0n) is 8.66. The van der Waals surface area contributed by atoms with Gasteiger partial charge < -0.3 is 10.2 Å². The first-order valence-electron chi connectivity index (χ1n) is 5.15. The molecule has 3 heteroatoms. The largest absolute Gasteiger partial charge is 0.478 e. The zero-order valence-corrected chi connectivity index (χ0v) is 8.66. The molecule has 0 saturated heterocycles. The summed E-state index contributed by atoms with van der Waals surface area (Å²) >= 11 is 0. The molecule has 2 N–H and O–H groups in total. The molecule has 0 radical (unpaired) electrons. The molecule has 0 bridgehead atoms. The second-order valence-corrected chi connectivity index (χ2v) is 4.02. The second kappa shape index (κ2) is 3.66. The van der Waals surface area contributed by atoms with Gasteiger partial charge in [-0.15, -0.1) is 0 Å². The zero-order chi connectivity index (χ0) is 11.0. The molecule has 1 aliphatic rings. The Labute approximate surface area is 88.4 Å². The van der Waals surface area contributed by atoms with Gasteiger partial charge in [0.2, 0.25) is 0 Å². The molecule has 0 aliphatic heterocycles. The minimum Gasteiger partial charge on any atom is -0.478 e.